The molecule has 0 spiro atoms. The Morgan fingerprint density at radius 3 is 2.78 bits per heavy atom. The highest BCUT2D eigenvalue weighted by Crippen LogP contribution is 2.23. The molecule has 1 aliphatic heterocycles. The van der Waals surface area contributed by atoms with Crippen LogP contribution in [-0.4, -0.2) is 48.7 Å². The van der Waals surface area contributed by atoms with Crippen molar-refractivity contribution < 1.29 is 4.74 Å². The van der Waals surface area contributed by atoms with Crippen molar-refractivity contribution in [1.82, 2.24) is 14.9 Å². The second kappa shape index (κ2) is 7.06. The molecule has 0 amide bonds. The van der Waals surface area contributed by atoms with Gasteiger partial charge in [0, 0.05) is 39.4 Å². The number of aryl methyl sites for hydroxylation is 1. The number of aromatic nitrogens is 2. The molecule has 0 N–H and O–H groups in total. The number of morpholine rings is 1. The van der Waals surface area contributed by atoms with Crippen LogP contribution in [0.2, 0.25) is 0 Å². The Hall–Kier alpha value is -1.98. The van der Waals surface area contributed by atoms with Gasteiger partial charge in [-0.3, -0.25) is 9.88 Å². The summed E-state index contributed by atoms with van der Waals surface area (Å²) < 4.78 is 5.95. The van der Waals surface area contributed by atoms with Crippen LogP contribution in [0.3, 0.4) is 0 Å². The smallest absolute Gasteiger partial charge is 0.128 e. The van der Waals surface area contributed by atoms with E-state index in [1.54, 1.807) is 0 Å². The minimum absolute atomic E-state index is 0.0217. The number of ether oxygens (including phenoxy) is 1. The highest BCUT2D eigenvalue weighted by molar-refractivity contribution is 5.37. The molecular weight excluding hydrogens is 288 g/mol. The monoisotopic (exact) mass is 312 g/mol. The Balaban J connectivity index is 1.69. The summed E-state index contributed by atoms with van der Waals surface area (Å²) >= 11 is 0. The summed E-state index contributed by atoms with van der Waals surface area (Å²) in [6.45, 7) is 5.39. The molecule has 3 heterocycles. The Kier molecular flexibility index (Phi) is 4.88. The van der Waals surface area contributed by atoms with E-state index in [9.17, 15) is 0 Å². The first kappa shape index (κ1) is 15.9. The molecule has 0 unspecified atom stereocenters. The van der Waals surface area contributed by atoms with E-state index in [4.69, 9.17) is 9.72 Å². The lowest BCUT2D eigenvalue weighted by molar-refractivity contribution is -0.0353. The summed E-state index contributed by atoms with van der Waals surface area (Å²) in [5.74, 6) is 0.962. The maximum absolute atomic E-state index is 5.95. The lowest BCUT2D eigenvalue weighted by Crippen LogP contribution is -2.38. The van der Waals surface area contributed by atoms with Gasteiger partial charge in [-0.2, -0.15) is 0 Å². The largest absolute Gasteiger partial charge is 0.369 e. The molecule has 23 heavy (non-hydrogen) atoms. The third-order valence-electron chi connectivity index (χ3n) is 4.03. The van der Waals surface area contributed by atoms with E-state index in [0.29, 0.717) is 0 Å². The fraction of sp³-hybridized carbons (Fsp3) is 0.444. The van der Waals surface area contributed by atoms with Crippen LogP contribution >= 0.6 is 0 Å². The Morgan fingerprint density at radius 2 is 2.00 bits per heavy atom. The predicted molar refractivity (Wildman–Crippen MR) is 91.5 cm³/mol. The second-order valence-corrected chi connectivity index (χ2v) is 6.18. The Morgan fingerprint density at radius 1 is 1.17 bits per heavy atom. The van der Waals surface area contributed by atoms with Crippen LogP contribution in [0.1, 0.15) is 23.2 Å². The lowest BCUT2D eigenvalue weighted by atomic mass is 10.1. The van der Waals surface area contributed by atoms with Crippen LogP contribution in [0.25, 0.3) is 0 Å². The van der Waals surface area contributed by atoms with Gasteiger partial charge in [-0.15, -0.1) is 0 Å². The van der Waals surface area contributed by atoms with E-state index >= 15 is 0 Å². The van der Waals surface area contributed by atoms with Crippen LogP contribution in [-0.2, 0) is 11.3 Å². The summed E-state index contributed by atoms with van der Waals surface area (Å²) in [4.78, 5) is 13.7. The molecule has 2 aromatic rings. The molecule has 1 atom stereocenters. The highest BCUT2D eigenvalue weighted by Gasteiger charge is 2.23. The SMILES string of the molecule is Cc1cccc(CN2CCO[C@H](c3cccc(N(C)C)n3)C2)n1. The average Bonchev–Trinajstić information content (AvgIpc) is 2.55. The molecule has 1 aliphatic rings. The second-order valence-electron chi connectivity index (χ2n) is 6.18. The maximum Gasteiger partial charge on any atom is 0.128 e. The first-order valence-electron chi connectivity index (χ1n) is 8.02. The van der Waals surface area contributed by atoms with E-state index in [-0.39, 0.29) is 6.10 Å². The highest BCUT2D eigenvalue weighted by atomic mass is 16.5. The van der Waals surface area contributed by atoms with Gasteiger partial charge in [-0.1, -0.05) is 12.1 Å². The van der Waals surface area contributed by atoms with Gasteiger partial charge in [0.1, 0.15) is 11.9 Å². The van der Waals surface area contributed by atoms with Crippen LogP contribution in [0.5, 0.6) is 0 Å². The van der Waals surface area contributed by atoms with E-state index in [1.807, 2.05) is 50.2 Å². The van der Waals surface area contributed by atoms with Gasteiger partial charge in [-0.05, 0) is 31.2 Å². The Bertz CT molecular complexity index is 659. The van der Waals surface area contributed by atoms with E-state index in [1.165, 1.54) is 0 Å². The zero-order valence-electron chi connectivity index (χ0n) is 14.1. The number of rotatable bonds is 4. The van der Waals surface area contributed by atoms with Crippen molar-refractivity contribution in [3.8, 4) is 0 Å². The van der Waals surface area contributed by atoms with E-state index in [2.05, 4.69) is 22.0 Å². The van der Waals surface area contributed by atoms with Crippen molar-refractivity contribution in [2.75, 3.05) is 38.7 Å². The minimum Gasteiger partial charge on any atom is -0.369 e. The third-order valence-corrected chi connectivity index (χ3v) is 4.03. The zero-order valence-corrected chi connectivity index (χ0v) is 14.1. The quantitative estimate of drug-likeness (QED) is 0.867. The van der Waals surface area contributed by atoms with Crippen LogP contribution in [0.4, 0.5) is 5.82 Å². The van der Waals surface area contributed by atoms with E-state index in [0.717, 1.165) is 49.1 Å². The molecule has 0 bridgehead atoms. The predicted octanol–water partition coefficient (Wildman–Crippen LogP) is 2.42. The number of nitrogens with zero attached hydrogens (tertiary/aromatic N) is 4. The van der Waals surface area contributed by atoms with Crippen LogP contribution < -0.4 is 4.90 Å². The van der Waals surface area contributed by atoms with Gasteiger partial charge in [0.05, 0.1) is 18.0 Å². The van der Waals surface area contributed by atoms with Gasteiger partial charge >= 0.3 is 0 Å². The van der Waals surface area contributed by atoms with Gasteiger partial charge in [0.2, 0.25) is 0 Å². The molecule has 1 fully saturated rings. The molecule has 3 rings (SSSR count). The fourth-order valence-corrected chi connectivity index (χ4v) is 2.81. The normalized spacial score (nSPS) is 18.8. The molecule has 2 aromatic heterocycles. The molecule has 0 saturated carbocycles. The summed E-state index contributed by atoms with van der Waals surface area (Å²) in [6.07, 6.45) is 0.0217. The summed E-state index contributed by atoms with van der Waals surface area (Å²) in [6, 6.07) is 12.3. The first-order chi connectivity index (χ1) is 11.1. The summed E-state index contributed by atoms with van der Waals surface area (Å²) in [5.41, 5.74) is 3.17. The van der Waals surface area contributed by atoms with Crippen molar-refractivity contribution in [1.29, 1.82) is 0 Å². The van der Waals surface area contributed by atoms with Crippen LogP contribution in [0.15, 0.2) is 36.4 Å². The molecule has 5 nitrogen and oxygen atoms in total. The van der Waals surface area contributed by atoms with Crippen LogP contribution in [0, 0.1) is 6.92 Å². The van der Waals surface area contributed by atoms with Crippen molar-refractivity contribution in [3.63, 3.8) is 0 Å². The summed E-state index contributed by atoms with van der Waals surface area (Å²) in [7, 11) is 4.01. The fourth-order valence-electron chi connectivity index (χ4n) is 2.81. The number of hydrogen-bond donors (Lipinski definition) is 0. The molecule has 0 radical (unpaired) electrons. The molecule has 122 valence electrons. The Labute approximate surface area is 137 Å². The van der Waals surface area contributed by atoms with Gasteiger partial charge in [0.25, 0.3) is 0 Å². The molecule has 0 aromatic carbocycles. The first-order valence-corrected chi connectivity index (χ1v) is 8.02. The molecule has 0 aliphatic carbocycles. The standard InChI is InChI=1S/C18H24N4O/c1-14-6-4-7-15(19-14)12-22-10-11-23-17(13-22)16-8-5-9-18(20-16)21(2)3/h4-9,17H,10-13H2,1-3H3/t17-/m0/s1. The molecular formula is C18H24N4O. The number of anilines is 1. The van der Waals surface area contributed by atoms with Gasteiger partial charge < -0.3 is 9.64 Å². The average molecular weight is 312 g/mol. The van der Waals surface area contributed by atoms with E-state index < -0.39 is 0 Å². The summed E-state index contributed by atoms with van der Waals surface area (Å²) in [5, 5.41) is 0. The lowest BCUT2D eigenvalue weighted by Gasteiger charge is -2.32. The number of hydrogen-bond acceptors (Lipinski definition) is 5. The zero-order chi connectivity index (χ0) is 16.2. The minimum atomic E-state index is 0.0217. The van der Waals surface area contributed by atoms with Crippen molar-refractivity contribution in [3.05, 3.63) is 53.5 Å². The van der Waals surface area contributed by atoms with Crippen molar-refractivity contribution in [2.24, 2.45) is 0 Å². The third kappa shape index (κ3) is 4.06. The topological polar surface area (TPSA) is 41.5 Å². The van der Waals surface area contributed by atoms with Gasteiger partial charge in [0.15, 0.2) is 0 Å². The van der Waals surface area contributed by atoms with Crippen molar-refractivity contribution in [2.45, 2.75) is 19.6 Å². The maximum atomic E-state index is 5.95. The number of pyridine rings is 2. The molecule has 5 heteroatoms. The molecule has 1 saturated heterocycles. The van der Waals surface area contributed by atoms with Crippen molar-refractivity contribution >= 4 is 5.82 Å². The van der Waals surface area contributed by atoms with Gasteiger partial charge in [-0.25, -0.2) is 4.98 Å².